The zero-order valence-electron chi connectivity index (χ0n) is 7.34. The highest BCUT2D eigenvalue weighted by Gasteiger charge is 2.14. The molecule has 1 aromatic rings. The molecule has 0 heterocycles. The fourth-order valence-electron chi connectivity index (χ4n) is 1.01. The molecule has 14 heavy (non-hydrogen) atoms. The van der Waals surface area contributed by atoms with Crippen molar-refractivity contribution < 1.29 is 15.3 Å². The SMILES string of the molecule is Cl.NC[C@@H](N)c1ccc(O)c(O)c1O. The largest absolute Gasteiger partial charge is 0.504 e. The lowest BCUT2D eigenvalue weighted by atomic mass is 10.1. The second-order valence-electron chi connectivity index (χ2n) is 2.71. The first-order valence-corrected chi connectivity index (χ1v) is 3.77. The van der Waals surface area contributed by atoms with Crippen molar-refractivity contribution in [2.24, 2.45) is 11.5 Å². The molecule has 1 rings (SSSR count). The zero-order valence-corrected chi connectivity index (χ0v) is 8.16. The van der Waals surface area contributed by atoms with Crippen molar-refractivity contribution in [1.29, 1.82) is 0 Å². The predicted molar refractivity (Wildman–Crippen MR) is 54.7 cm³/mol. The molecule has 0 bridgehead atoms. The highest BCUT2D eigenvalue weighted by Crippen LogP contribution is 2.38. The van der Waals surface area contributed by atoms with Gasteiger partial charge in [-0.1, -0.05) is 0 Å². The highest BCUT2D eigenvalue weighted by molar-refractivity contribution is 5.85. The monoisotopic (exact) mass is 220 g/mol. The van der Waals surface area contributed by atoms with Gasteiger partial charge in [0.1, 0.15) is 0 Å². The number of rotatable bonds is 2. The first-order chi connectivity index (χ1) is 6.07. The van der Waals surface area contributed by atoms with E-state index in [9.17, 15) is 5.11 Å². The number of phenols is 3. The van der Waals surface area contributed by atoms with Crippen LogP contribution in [0.1, 0.15) is 11.6 Å². The van der Waals surface area contributed by atoms with Crippen molar-refractivity contribution in [2.45, 2.75) is 6.04 Å². The Morgan fingerprint density at radius 1 is 1.14 bits per heavy atom. The van der Waals surface area contributed by atoms with Crippen molar-refractivity contribution in [1.82, 2.24) is 0 Å². The second-order valence-corrected chi connectivity index (χ2v) is 2.71. The molecule has 0 aliphatic rings. The maximum absolute atomic E-state index is 9.33. The van der Waals surface area contributed by atoms with Crippen molar-refractivity contribution in [3.63, 3.8) is 0 Å². The van der Waals surface area contributed by atoms with Crippen LogP contribution in [0.15, 0.2) is 12.1 Å². The van der Waals surface area contributed by atoms with Gasteiger partial charge in [-0.15, -0.1) is 12.4 Å². The molecule has 6 heteroatoms. The quantitative estimate of drug-likeness (QED) is 0.457. The van der Waals surface area contributed by atoms with E-state index in [1.807, 2.05) is 0 Å². The Labute approximate surface area is 87.4 Å². The second kappa shape index (κ2) is 4.90. The summed E-state index contributed by atoms with van der Waals surface area (Å²) in [6, 6.07) is 2.12. The number of halogens is 1. The van der Waals surface area contributed by atoms with E-state index in [0.717, 1.165) is 0 Å². The number of phenolic OH excluding ortho intramolecular Hbond substituents is 3. The Kier molecular flexibility index (Phi) is 4.49. The molecule has 0 spiro atoms. The van der Waals surface area contributed by atoms with E-state index < -0.39 is 17.5 Å². The molecule has 0 aromatic heterocycles. The molecule has 0 aliphatic heterocycles. The van der Waals surface area contributed by atoms with Gasteiger partial charge in [-0.3, -0.25) is 0 Å². The minimum atomic E-state index is -0.568. The van der Waals surface area contributed by atoms with Gasteiger partial charge in [-0.2, -0.15) is 0 Å². The molecule has 0 radical (unpaired) electrons. The molecule has 1 aromatic carbocycles. The Bertz CT molecular complexity index is 320. The van der Waals surface area contributed by atoms with Crippen LogP contribution in [-0.2, 0) is 0 Å². The molecule has 0 saturated heterocycles. The summed E-state index contributed by atoms with van der Waals surface area (Å²) < 4.78 is 0. The smallest absolute Gasteiger partial charge is 0.200 e. The van der Waals surface area contributed by atoms with Crippen LogP contribution in [-0.4, -0.2) is 21.9 Å². The van der Waals surface area contributed by atoms with E-state index in [0.29, 0.717) is 5.56 Å². The number of nitrogens with two attached hydrogens (primary N) is 2. The fraction of sp³-hybridized carbons (Fsp3) is 0.250. The Balaban J connectivity index is 0.00000169. The Morgan fingerprint density at radius 2 is 1.71 bits per heavy atom. The van der Waals surface area contributed by atoms with E-state index in [4.69, 9.17) is 21.7 Å². The summed E-state index contributed by atoms with van der Waals surface area (Å²) in [4.78, 5) is 0. The van der Waals surface area contributed by atoms with Gasteiger partial charge in [-0.05, 0) is 12.1 Å². The van der Waals surface area contributed by atoms with Gasteiger partial charge in [0, 0.05) is 18.2 Å². The van der Waals surface area contributed by atoms with Gasteiger partial charge in [0.2, 0.25) is 5.75 Å². The van der Waals surface area contributed by atoms with Crippen LogP contribution < -0.4 is 11.5 Å². The van der Waals surface area contributed by atoms with Gasteiger partial charge in [-0.25, -0.2) is 0 Å². The van der Waals surface area contributed by atoms with Crippen molar-refractivity contribution >= 4 is 12.4 Å². The summed E-state index contributed by atoms with van der Waals surface area (Å²) in [7, 11) is 0. The summed E-state index contributed by atoms with van der Waals surface area (Å²) in [5, 5.41) is 27.5. The first kappa shape index (κ1) is 12.8. The van der Waals surface area contributed by atoms with E-state index in [2.05, 4.69) is 0 Å². The van der Waals surface area contributed by atoms with Gasteiger partial charge in [0.15, 0.2) is 11.5 Å². The van der Waals surface area contributed by atoms with Gasteiger partial charge in [0.25, 0.3) is 0 Å². The molecule has 5 nitrogen and oxygen atoms in total. The molecule has 1 atom stereocenters. The van der Waals surface area contributed by atoms with E-state index in [1.54, 1.807) is 0 Å². The average Bonchev–Trinajstić information content (AvgIpc) is 2.13. The van der Waals surface area contributed by atoms with Crippen LogP contribution in [0.25, 0.3) is 0 Å². The van der Waals surface area contributed by atoms with Gasteiger partial charge >= 0.3 is 0 Å². The van der Waals surface area contributed by atoms with Crippen molar-refractivity contribution in [3.05, 3.63) is 17.7 Å². The van der Waals surface area contributed by atoms with Gasteiger partial charge in [0.05, 0.1) is 0 Å². The maximum atomic E-state index is 9.33. The zero-order chi connectivity index (χ0) is 10.0. The van der Waals surface area contributed by atoms with Crippen LogP contribution in [0.4, 0.5) is 0 Å². The minimum Gasteiger partial charge on any atom is -0.504 e. The molecule has 0 amide bonds. The van der Waals surface area contributed by atoms with Crippen molar-refractivity contribution in [3.8, 4) is 17.2 Å². The third-order valence-electron chi connectivity index (χ3n) is 1.81. The summed E-state index contributed by atoms with van der Waals surface area (Å²) in [6.07, 6.45) is 0. The predicted octanol–water partition coefficient (Wildman–Crippen LogP) is 0.184. The molecule has 0 saturated carbocycles. The lowest BCUT2D eigenvalue weighted by Gasteiger charge is -2.12. The van der Waals surface area contributed by atoms with Crippen LogP contribution in [0.5, 0.6) is 17.2 Å². The topological polar surface area (TPSA) is 113 Å². The highest BCUT2D eigenvalue weighted by atomic mass is 35.5. The molecular formula is C8H13ClN2O3. The molecule has 0 aliphatic carbocycles. The average molecular weight is 221 g/mol. The van der Waals surface area contributed by atoms with Crippen molar-refractivity contribution in [2.75, 3.05) is 6.54 Å². The molecule has 80 valence electrons. The standard InChI is InChI=1S/C8H12N2O3.ClH/c9-3-5(10)4-1-2-6(11)8(13)7(4)12;/h1-2,5,11-13H,3,9-10H2;1H/t5-;/m1./s1. The lowest BCUT2D eigenvalue weighted by molar-refractivity contribution is 0.363. The molecule has 0 unspecified atom stereocenters. The molecule has 7 N–H and O–H groups in total. The van der Waals surface area contributed by atoms with E-state index in [1.165, 1.54) is 12.1 Å². The van der Waals surface area contributed by atoms with Gasteiger partial charge < -0.3 is 26.8 Å². The number of hydrogen-bond donors (Lipinski definition) is 5. The fourth-order valence-corrected chi connectivity index (χ4v) is 1.01. The Hall–Kier alpha value is -1.17. The summed E-state index contributed by atoms with van der Waals surface area (Å²) in [5.41, 5.74) is 11.1. The number of benzene rings is 1. The normalized spacial score (nSPS) is 11.9. The summed E-state index contributed by atoms with van der Waals surface area (Å²) in [5.74, 6) is -1.37. The molecular weight excluding hydrogens is 208 g/mol. The van der Waals surface area contributed by atoms with Crippen LogP contribution in [0.3, 0.4) is 0 Å². The van der Waals surface area contributed by atoms with E-state index >= 15 is 0 Å². The Morgan fingerprint density at radius 3 is 2.21 bits per heavy atom. The molecule has 0 fully saturated rings. The lowest BCUT2D eigenvalue weighted by Crippen LogP contribution is -2.20. The summed E-state index contributed by atoms with van der Waals surface area (Å²) in [6.45, 7) is 0.151. The summed E-state index contributed by atoms with van der Waals surface area (Å²) >= 11 is 0. The number of hydrogen-bond acceptors (Lipinski definition) is 5. The minimum absolute atomic E-state index is 0. The van der Waals surface area contributed by atoms with E-state index in [-0.39, 0.29) is 24.7 Å². The maximum Gasteiger partial charge on any atom is 0.200 e. The van der Waals surface area contributed by atoms with Crippen LogP contribution >= 0.6 is 12.4 Å². The van der Waals surface area contributed by atoms with Crippen LogP contribution in [0.2, 0.25) is 0 Å². The van der Waals surface area contributed by atoms with Crippen LogP contribution in [0, 0.1) is 0 Å². The number of aromatic hydroxyl groups is 3. The first-order valence-electron chi connectivity index (χ1n) is 3.77. The third kappa shape index (κ3) is 2.20. The third-order valence-corrected chi connectivity index (χ3v) is 1.81.